The van der Waals surface area contributed by atoms with Gasteiger partial charge in [0.25, 0.3) is 5.91 Å². The summed E-state index contributed by atoms with van der Waals surface area (Å²) in [6, 6.07) is 14.8. The maximum absolute atomic E-state index is 12.8. The van der Waals surface area contributed by atoms with Crippen LogP contribution in [0.1, 0.15) is 32.4 Å². The van der Waals surface area contributed by atoms with E-state index in [0.717, 1.165) is 33.3 Å². The molecule has 2 aromatic carbocycles. The van der Waals surface area contributed by atoms with Crippen molar-refractivity contribution >= 4 is 22.9 Å². The van der Waals surface area contributed by atoms with Gasteiger partial charge in [0.2, 0.25) is 0 Å². The van der Waals surface area contributed by atoms with Gasteiger partial charge in [-0.15, -0.1) is 11.3 Å². The van der Waals surface area contributed by atoms with E-state index in [2.05, 4.69) is 15.5 Å². The lowest BCUT2D eigenvalue weighted by molar-refractivity contribution is 0.102. The van der Waals surface area contributed by atoms with E-state index in [1.54, 1.807) is 29.5 Å². The molecule has 6 nitrogen and oxygen atoms in total. The molecule has 0 fully saturated rings. The first kappa shape index (κ1) is 19.8. The number of aryl methyl sites for hydroxylation is 3. The highest BCUT2D eigenvalue weighted by Gasteiger charge is 2.12. The summed E-state index contributed by atoms with van der Waals surface area (Å²) in [5.41, 5.74) is 4.82. The molecule has 2 heterocycles. The van der Waals surface area contributed by atoms with Crippen LogP contribution in [0.15, 0.2) is 58.4 Å². The Morgan fingerprint density at radius 2 is 1.97 bits per heavy atom. The second-order valence-corrected chi connectivity index (χ2v) is 7.97. The third-order valence-electron chi connectivity index (χ3n) is 4.70. The smallest absolute Gasteiger partial charge is 0.255 e. The molecule has 0 bridgehead atoms. The van der Waals surface area contributed by atoms with Gasteiger partial charge >= 0.3 is 0 Å². The molecule has 0 atom stereocenters. The Kier molecular flexibility index (Phi) is 5.63. The van der Waals surface area contributed by atoms with Crippen molar-refractivity contribution in [2.75, 3.05) is 5.32 Å². The van der Waals surface area contributed by atoms with E-state index in [9.17, 15) is 4.79 Å². The van der Waals surface area contributed by atoms with Crippen molar-refractivity contribution in [1.82, 2.24) is 10.1 Å². The fraction of sp³-hybridized carbons (Fsp3) is 0.174. The predicted octanol–water partition coefficient (Wildman–Crippen LogP) is 5.55. The average Bonchev–Trinajstić information content (AvgIpc) is 3.32. The average molecular weight is 420 g/mol. The molecule has 0 aliphatic heterocycles. The molecule has 2 aromatic heterocycles. The fourth-order valence-electron chi connectivity index (χ4n) is 3.05. The number of aromatic nitrogens is 2. The Morgan fingerprint density at radius 3 is 2.70 bits per heavy atom. The van der Waals surface area contributed by atoms with Crippen molar-refractivity contribution in [1.29, 1.82) is 0 Å². The molecule has 1 N–H and O–H groups in total. The first-order chi connectivity index (χ1) is 14.5. The zero-order valence-electron chi connectivity index (χ0n) is 16.9. The Balaban J connectivity index is 1.46. The van der Waals surface area contributed by atoms with Crippen molar-refractivity contribution in [2.24, 2.45) is 0 Å². The number of hydrogen-bond donors (Lipinski definition) is 1. The van der Waals surface area contributed by atoms with Crippen LogP contribution in [0.3, 0.4) is 0 Å². The number of carbonyl (C=O) groups excluding carboxylic acids is 1. The van der Waals surface area contributed by atoms with Crippen molar-refractivity contribution in [2.45, 2.75) is 27.4 Å². The van der Waals surface area contributed by atoms with Crippen LogP contribution in [-0.2, 0) is 6.61 Å². The van der Waals surface area contributed by atoms with Crippen molar-refractivity contribution < 1.29 is 14.1 Å². The maximum atomic E-state index is 12.8. The van der Waals surface area contributed by atoms with Crippen molar-refractivity contribution in [3.63, 3.8) is 0 Å². The number of amides is 1. The molecule has 7 heteroatoms. The number of anilines is 1. The number of benzene rings is 2. The van der Waals surface area contributed by atoms with E-state index < -0.39 is 0 Å². The second kappa shape index (κ2) is 8.51. The maximum Gasteiger partial charge on any atom is 0.255 e. The van der Waals surface area contributed by atoms with Crippen LogP contribution in [0.25, 0.3) is 11.3 Å². The summed E-state index contributed by atoms with van der Waals surface area (Å²) in [5, 5.41) is 9.89. The van der Waals surface area contributed by atoms with Gasteiger partial charge in [-0.05, 0) is 51.1 Å². The van der Waals surface area contributed by atoms with Crippen LogP contribution >= 0.6 is 11.3 Å². The monoisotopic (exact) mass is 419 g/mol. The number of rotatable bonds is 6. The fourth-order valence-corrected chi connectivity index (χ4v) is 3.67. The highest BCUT2D eigenvalue weighted by atomic mass is 32.1. The summed E-state index contributed by atoms with van der Waals surface area (Å²) in [7, 11) is 0. The SMILES string of the molecule is Cc1nc(-c2cccc(NC(=O)c3cccc(OCc4c(C)noc4C)c3)c2)cs1. The molecule has 30 heavy (non-hydrogen) atoms. The minimum absolute atomic E-state index is 0.204. The van der Waals surface area contributed by atoms with Gasteiger partial charge in [0.1, 0.15) is 18.1 Å². The van der Waals surface area contributed by atoms with Gasteiger partial charge in [0, 0.05) is 22.2 Å². The van der Waals surface area contributed by atoms with Crippen LogP contribution in [0.2, 0.25) is 0 Å². The first-order valence-corrected chi connectivity index (χ1v) is 10.4. The van der Waals surface area contributed by atoms with E-state index in [0.29, 0.717) is 23.6 Å². The van der Waals surface area contributed by atoms with Gasteiger partial charge in [-0.3, -0.25) is 4.79 Å². The molecule has 0 radical (unpaired) electrons. The largest absolute Gasteiger partial charge is 0.489 e. The lowest BCUT2D eigenvalue weighted by Crippen LogP contribution is -2.12. The molecule has 0 aliphatic rings. The molecular weight excluding hydrogens is 398 g/mol. The van der Waals surface area contributed by atoms with Crippen LogP contribution in [0.5, 0.6) is 5.75 Å². The first-order valence-electron chi connectivity index (χ1n) is 9.48. The third-order valence-corrected chi connectivity index (χ3v) is 5.47. The van der Waals surface area contributed by atoms with Crippen molar-refractivity contribution in [3.8, 4) is 17.0 Å². The quantitative estimate of drug-likeness (QED) is 0.443. The van der Waals surface area contributed by atoms with Crippen LogP contribution in [0, 0.1) is 20.8 Å². The molecule has 4 aromatic rings. The van der Waals surface area contributed by atoms with E-state index >= 15 is 0 Å². The molecule has 4 rings (SSSR count). The van der Waals surface area contributed by atoms with Crippen LogP contribution in [0.4, 0.5) is 5.69 Å². The molecule has 0 unspecified atom stereocenters. The van der Waals surface area contributed by atoms with E-state index in [1.165, 1.54) is 0 Å². The number of ether oxygens (including phenoxy) is 1. The van der Waals surface area contributed by atoms with Gasteiger partial charge in [0.05, 0.1) is 22.0 Å². The number of hydrogen-bond acceptors (Lipinski definition) is 6. The third kappa shape index (κ3) is 4.41. The molecule has 0 aliphatic carbocycles. The standard InChI is InChI=1S/C23H21N3O3S/c1-14-21(15(2)29-26-14)12-28-20-9-5-7-18(11-20)23(27)25-19-8-4-6-17(10-19)22-13-30-16(3)24-22/h4-11,13H,12H2,1-3H3,(H,25,27). The lowest BCUT2D eigenvalue weighted by atomic mass is 10.1. The lowest BCUT2D eigenvalue weighted by Gasteiger charge is -2.09. The highest BCUT2D eigenvalue weighted by Crippen LogP contribution is 2.25. The zero-order valence-corrected chi connectivity index (χ0v) is 17.7. The Hall–Kier alpha value is -3.45. The molecule has 152 valence electrons. The molecule has 0 saturated carbocycles. The normalized spacial score (nSPS) is 10.8. The predicted molar refractivity (Wildman–Crippen MR) is 117 cm³/mol. The van der Waals surface area contributed by atoms with Gasteiger partial charge in [-0.1, -0.05) is 23.4 Å². The second-order valence-electron chi connectivity index (χ2n) is 6.91. The minimum Gasteiger partial charge on any atom is -0.489 e. The zero-order chi connectivity index (χ0) is 21.1. The Morgan fingerprint density at radius 1 is 1.13 bits per heavy atom. The van der Waals surface area contributed by atoms with Gasteiger partial charge in [0.15, 0.2) is 0 Å². The minimum atomic E-state index is -0.204. The van der Waals surface area contributed by atoms with Gasteiger partial charge < -0.3 is 14.6 Å². The number of nitrogens with zero attached hydrogens (tertiary/aromatic N) is 2. The summed E-state index contributed by atoms with van der Waals surface area (Å²) < 4.78 is 11.0. The molecular formula is C23H21N3O3S. The van der Waals surface area contributed by atoms with Crippen LogP contribution < -0.4 is 10.1 Å². The van der Waals surface area contributed by atoms with Gasteiger partial charge in [-0.25, -0.2) is 4.98 Å². The summed E-state index contributed by atoms with van der Waals surface area (Å²) in [4.78, 5) is 17.3. The van der Waals surface area contributed by atoms with E-state index in [-0.39, 0.29) is 5.91 Å². The Labute approximate surface area is 178 Å². The van der Waals surface area contributed by atoms with E-state index in [1.807, 2.05) is 56.5 Å². The summed E-state index contributed by atoms with van der Waals surface area (Å²) in [5.74, 6) is 1.13. The molecule has 1 amide bonds. The number of thiazole rings is 1. The summed E-state index contributed by atoms with van der Waals surface area (Å²) >= 11 is 1.60. The summed E-state index contributed by atoms with van der Waals surface area (Å²) in [6.07, 6.45) is 0. The number of carbonyl (C=O) groups is 1. The van der Waals surface area contributed by atoms with Gasteiger partial charge in [-0.2, -0.15) is 0 Å². The Bertz CT molecular complexity index is 1180. The van der Waals surface area contributed by atoms with E-state index in [4.69, 9.17) is 9.26 Å². The molecule has 0 spiro atoms. The van der Waals surface area contributed by atoms with Crippen LogP contribution in [-0.4, -0.2) is 16.0 Å². The highest BCUT2D eigenvalue weighted by molar-refractivity contribution is 7.09. The van der Waals surface area contributed by atoms with Crippen molar-refractivity contribution in [3.05, 3.63) is 81.5 Å². The number of nitrogens with one attached hydrogen (secondary N) is 1. The summed E-state index contributed by atoms with van der Waals surface area (Å²) in [6.45, 7) is 6.03. The topological polar surface area (TPSA) is 77.2 Å². The molecule has 0 saturated heterocycles.